The molecule has 5 heteroatoms. The van der Waals surface area contributed by atoms with E-state index in [9.17, 15) is 4.79 Å². The Kier molecular flexibility index (Phi) is 4.43. The molecule has 3 rings (SSSR count). The van der Waals surface area contributed by atoms with Crippen LogP contribution in [0.3, 0.4) is 0 Å². The summed E-state index contributed by atoms with van der Waals surface area (Å²) in [5.41, 5.74) is 1.60. The number of benzene rings is 1. The molecule has 1 N–H and O–H groups in total. The van der Waals surface area contributed by atoms with Crippen molar-refractivity contribution in [2.75, 3.05) is 20.1 Å². The minimum atomic E-state index is -0.0411. The Morgan fingerprint density at radius 1 is 1.32 bits per heavy atom. The van der Waals surface area contributed by atoms with Crippen LogP contribution in [0.2, 0.25) is 0 Å². The van der Waals surface area contributed by atoms with Gasteiger partial charge in [-0.1, -0.05) is 25.1 Å². The molecule has 0 saturated carbocycles. The highest BCUT2D eigenvalue weighted by Crippen LogP contribution is 2.19. The fourth-order valence-electron chi connectivity index (χ4n) is 3.08. The molecule has 1 aliphatic rings. The van der Waals surface area contributed by atoms with Gasteiger partial charge in [-0.25, -0.2) is 0 Å². The number of fused-ring (bicyclic) bond motifs is 1. The van der Waals surface area contributed by atoms with Gasteiger partial charge in [0.1, 0.15) is 0 Å². The van der Waals surface area contributed by atoms with Crippen LogP contribution in [0.1, 0.15) is 36.7 Å². The monoisotopic (exact) mass is 300 g/mol. The molecule has 0 bridgehead atoms. The van der Waals surface area contributed by atoms with E-state index in [1.165, 1.54) is 0 Å². The lowest BCUT2D eigenvalue weighted by Gasteiger charge is -2.29. The summed E-state index contributed by atoms with van der Waals surface area (Å²) in [5.74, 6) is -0.0411. The van der Waals surface area contributed by atoms with Crippen LogP contribution in [0.25, 0.3) is 10.9 Å². The first kappa shape index (κ1) is 15.0. The van der Waals surface area contributed by atoms with Gasteiger partial charge in [0.05, 0.1) is 5.52 Å². The van der Waals surface area contributed by atoms with Crippen LogP contribution in [0.15, 0.2) is 24.3 Å². The van der Waals surface area contributed by atoms with Crippen molar-refractivity contribution in [1.29, 1.82) is 0 Å². The summed E-state index contributed by atoms with van der Waals surface area (Å²) in [4.78, 5) is 14.9. The molecule has 1 aliphatic heterocycles. The predicted octanol–water partition coefficient (Wildman–Crippen LogP) is 2.27. The maximum Gasteiger partial charge on any atom is 0.272 e. The fraction of sp³-hybridized carbons (Fsp3) is 0.529. The normalized spacial score (nSPS) is 17.0. The van der Waals surface area contributed by atoms with Crippen LogP contribution in [-0.4, -0.2) is 46.8 Å². The van der Waals surface area contributed by atoms with Crippen molar-refractivity contribution in [3.05, 3.63) is 30.0 Å². The van der Waals surface area contributed by atoms with Crippen LogP contribution in [0.4, 0.5) is 0 Å². The van der Waals surface area contributed by atoms with Crippen LogP contribution in [0.5, 0.6) is 0 Å². The molecule has 0 atom stereocenters. The first-order valence-corrected chi connectivity index (χ1v) is 8.14. The van der Waals surface area contributed by atoms with E-state index in [2.05, 4.69) is 29.3 Å². The molecule has 1 saturated heterocycles. The second-order valence-electron chi connectivity index (χ2n) is 6.14. The Labute approximate surface area is 131 Å². The Morgan fingerprint density at radius 2 is 2.05 bits per heavy atom. The van der Waals surface area contributed by atoms with Gasteiger partial charge in [0, 0.05) is 18.0 Å². The third-order valence-corrected chi connectivity index (χ3v) is 4.36. The number of nitrogens with zero attached hydrogens (tertiary/aromatic N) is 3. The van der Waals surface area contributed by atoms with Crippen molar-refractivity contribution in [2.45, 2.75) is 38.8 Å². The minimum Gasteiger partial charge on any atom is -0.348 e. The van der Waals surface area contributed by atoms with Gasteiger partial charge in [0.25, 0.3) is 5.91 Å². The maximum atomic E-state index is 12.6. The van der Waals surface area contributed by atoms with Gasteiger partial charge in [-0.15, -0.1) is 0 Å². The van der Waals surface area contributed by atoms with Gasteiger partial charge in [-0.3, -0.25) is 9.48 Å². The molecule has 1 aromatic heterocycles. The Balaban J connectivity index is 1.81. The van der Waals surface area contributed by atoms with Gasteiger partial charge >= 0.3 is 0 Å². The highest BCUT2D eigenvalue weighted by Gasteiger charge is 2.22. The summed E-state index contributed by atoms with van der Waals surface area (Å²) in [5, 5.41) is 8.66. The third-order valence-electron chi connectivity index (χ3n) is 4.36. The quantitative estimate of drug-likeness (QED) is 0.942. The van der Waals surface area contributed by atoms with Crippen molar-refractivity contribution in [1.82, 2.24) is 20.0 Å². The summed E-state index contributed by atoms with van der Waals surface area (Å²) < 4.78 is 1.94. The molecule has 5 nitrogen and oxygen atoms in total. The fourth-order valence-corrected chi connectivity index (χ4v) is 3.08. The summed E-state index contributed by atoms with van der Waals surface area (Å²) in [7, 11) is 2.12. The number of hydrogen-bond acceptors (Lipinski definition) is 3. The molecule has 1 amide bonds. The average Bonchev–Trinajstić information content (AvgIpc) is 2.89. The van der Waals surface area contributed by atoms with Gasteiger partial charge in [0.15, 0.2) is 5.69 Å². The number of nitrogens with one attached hydrogen (secondary N) is 1. The number of likely N-dealkylation sites (tertiary alicyclic amines) is 1. The van der Waals surface area contributed by atoms with Crippen molar-refractivity contribution >= 4 is 16.8 Å². The Morgan fingerprint density at radius 3 is 2.77 bits per heavy atom. The van der Waals surface area contributed by atoms with Crippen LogP contribution >= 0.6 is 0 Å². The lowest BCUT2D eigenvalue weighted by Crippen LogP contribution is -2.43. The molecular formula is C17H24N4O. The Hall–Kier alpha value is -1.88. The minimum absolute atomic E-state index is 0.0411. The van der Waals surface area contributed by atoms with Gasteiger partial charge < -0.3 is 10.2 Å². The molecule has 1 fully saturated rings. The summed E-state index contributed by atoms with van der Waals surface area (Å²) in [6.45, 7) is 5.03. The largest absolute Gasteiger partial charge is 0.348 e. The lowest BCUT2D eigenvalue weighted by molar-refractivity contribution is 0.0912. The van der Waals surface area contributed by atoms with Crippen LogP contribution < -0.4 is 5.32 Å². The van der Waals surface area contributed by atoms with Gasteiger partial charge in [0.2, 0.25) is 0 Å². The second kappa shape index (κ2) is 6.48. The molecule has 22 heavy (non-hydrogen) atoms. The molecule has 0 aliphatic carbocycles. The third kappa shape index (κ3) is 2.99. The van der Waals surface area contributed by atoms with Crippen molar-refractivity contribution < 1.29 is 4.79 Å². The van der Waals surface area contributed by atoms with Gasteiger partial charge in [-0.05, 0) is 45.5 Å². The van der Waals surface area contributed by atoms with E-state index in [1.54, 1.807) is 0 Å². The van der Waals surface area contributed by atoms with Crippen molar-refractivity contribution in [3.8, 4) is 0 Å². The Bertz CT molecular complexity index is 656. The van der Waals surface area contributed by atoms with Crippen LogP contribution in [0, 0.1) is 0 Å². The molecule has 0 radical (unpaired) electrons. The SMILES string of the molecule is CCCn1nc(C(=O)NC2CCN(C)CC2)c2ccccc21. The zero-order chi connectivity index (χ0) is 15.5. The van der Waals surface area contributed by atoms with Gasteiger partial charge in [-0.2, -0.15) is 5.10 Å². The zero-order valence-corrected chi connectivity index (χ0v) is 13.4. The predicted molar refractivity (Wildman–Crippen MR) is 88.0 cm³/mol. The van der Waals surface area contributed by atoms with Crippen molar-refractivity contribution in [2.24, 2.45) is 0 Å². The molecule has 0 spiro atoms. The van der Waals surface area contributed by atoms with E-state index in [0.29, 0.717) is 5.69 Å². The highest BCUT2D eigenvalue weighted by atomic mass is 16.2. The summed E-state index contributed by atoms with van der Waals surface area (Å²) >= 11 is 0. The van der Waals surface area contributed by atoms with E-state index >= 15 is 0 Å². The van der Waals surface area contributed by atoms with E-state index in [1.807, 2.05) is 28.9 Å². The number of piperidine rings is 1. The molecule has 1 aromatic carbocycles. The number of rotatable bonds is 4. The number of carbonyl (C=O) groups is 1. The second-order valence-corrected chi connectivity index (χ2v) is 6.14. The smallest absolute Gasteiger partial charge is 0.272 e. The summed E-state index contributed by atoms with van der Waals surface area (Å²) in [6, 6.07) is 8.24. The molecule has 2 aromatic rings. The number of hydrogen-bond donors (Lipinski definition) is 1. The topological polar surface area (TPSA) is 50.2 Å². The summed E-state index contributed by atoms with van der Waals surface area (Å²) in [6.07, 6.45) is 3.02. The van der Waals surface area contributed by atoms with Crippen molar-refractivity contribution in [3.63, 3.8) is 0 Å². The number of aryl methyl sites for hydroxylation is 1. The van der Waals surface area contributed by atoms with Crippen LogP contribution in [-0.2, 0) is 6.54 Å². The number of carbonyl (C=O) groups excluding carboxylic acids is 1. The molecule has 118 valence electrons. The lowest BCUT2D eigenvalue weighted by atomic mass is 10.1. The van der Waals surface area contributed by atoms with E-state index in [4.69, 9.17) is 0 Å². The maximum absolute atomic E-state index is 12.6. The average molecular weight is 300 g/mol. The number of aromatic nitrogens is 2. The standard InChI is InChI=1S/C17H24N4O/c1-3-10-21-15-7-5-4-6-14(15)16(19-21)17(22)18-13-8-11-20(2)12-9-13/h4-7,13H,3,8-12H2,1-2H3,(H,18,22). The molecular weight excluding hydrogens is 276 g/mol. The zero-order valence-electron chi connectivity index (χ0n) is 13.4. The van der Waals surface area contributed by atoms with E-state index in [-0.39, 0.29) is 11.9 Å². The molecule has 2 heterocycles. The van der Waals surface area contributed by atoms with E-state index < -0.39 is 0 Å². The van der Waals surface area contributed by atoms with E-state index in [0.717, 1.165) is 49.8 Å². The first-order valence-electron chi connectivity index (χ1n) is 8.14. The number of amides is 1. The first-order chi connectivity index (χ1) is 10.7. The highest BCUT2D eigenvalue weighted by molar-refractivity contribution is 6.04. The molecule has 0 unspecified atom stereocenters. The number of para-hydroxylation sites is 1.